The molecule has 5 nitrogen and oxygen atoms in total. The smallest absolute Gasteiger partial charge is 0.274 e. The van der Waals surface area contributed by atoms with Crippen molar-refractivity contribution in [1.82, 2.24) is 15.0 Å². The normalized spacial score (nSPS) is 10.7. The number of H-pyrrole nitrogens is 1. The molecule has 0 spiro atoms. The number of benzene rings is 1. The van der Waals surface area contributed by atoms with E-state index in [2.05, 4.69) is 36.2 Å². The minimum Gasteiger partial charge on any atom is -0.342 e. The molecule has 0 aliphatic rings. The summed E-state index contributed by atoms with van der Waals surface area (Å²) in [6.07, 6.45) is 1.59. The van der Waals surface area contributed by atoms with E-state index >= 15 is 0 Å². The summed E-state index contributed by atoms with van der Waals surface area (Å²) in [6, 6.07) is 8.98. The van der Waals surface area contributed by atoms with E-state index in [0.29, 0.717) is 11.4 Å². The van der Waals surface area contributed by atoms with Crippen LogP contribution in [0.4, 0.5) is 5.69 Å². The van der Waals surface area contributed by atoms with Gasteiger partial charge in [0.2, 0.25) is 0 Å². The number of carbonyl (C=O) groups is 1. The number of aromatic amines is 1. The van der Waals surface area contributed by atoms with Crippen LogP contribution in [0.15, 0.2) is 41.0 Å². The lowest BCUT2D eigenvalue weighted by molar-refractivity contribution is 0.102. The van der Waals surface area contributed by atoms with Crippen LogP contribution in [-0.2, 0) is 0 Å². The fourth-order valence-electron chi connectivity index (χ4n) is 1.92. The molecule has 2 N–H and O–H groups in total. The molecule has 0 bridgehead atoms. The molecule has 0 atom stereocenters. The molecule has 2 heterocycles. The molecule has 0 saturated carbocycles. The Labute approximate surface area is 123 Å². The van der Waals surface area contributed by atoms with Gasteiger partial charge in [0.1, 0.15) is 11.5 Å². The van der Waals surface area contributed by atoms with Crippen molar-refractivity contribution in [2.45, 2.75) is 6.92 Å². The average Bonchev–Trinajstić information content (AvgIpc) is 2.78. The predicted octanol–water partition coefficient (Wildman–Crippen LogP) is 3.28. The van der Waals surface area contributed by atoms with Gasteiger partial charge in [-0.1, -0.05) is 0 Å². The summed E-state index contributed by atoms with van der Waals surface area (Å²) >= 11 is 3.29. The zero-order valence-corrected chi connectivity index (χ0v) is 12.2. The van der Waals surface area contributed by atoms with Crippen LogP contribution in [0.3, 0.4) is 0 Å². The first kappa shape index (κ1) is 12.8. The van der Waals surface area contributed by atoms with E-state index in [1.165, 1.54) is 0 Å². The summed E-state index contributed by atoms with van der Waals surface area (Å²) in [4.78, 5) is 23.6. The number of aromatic nitrogens is 3. The van der Waals surface area contributed by atoms with Crippen LogP contribution in [-0.4, -0.2) is 20.9 Å². The maximum Gasteiger partial charge on any atom is 0.274 e. The Morgan fingerprint density at radius 3 is 2.90 bits per heavy atom. The summed E-state index contributed by atoms with van der Waals surface area (Å²) < 4.78 is 0.836. The van der Waals surface area contributed by atoms with Gasteiger partial charge in [0.25, 0.3) is 5.91 Å². The number of carbonyl (C=O) groups excluding carboxylic acids is 1. The number of imidazole rings is 1. The first-order chi connectivity index (χ1) is 9.61. The van der Waals surface area contributed by atoms with Gasteiger partial charge in [-0.25, -0.2) is 9.97 Å². The average molecular weight is 331 g/mol. The number of halogens is 1. The quantitative estimate of drug-likeness (QED) is 0.757. The second kappa shape index (κ2) is 5.05. The van der Waals surface area contributed by atoms with Crippen LogP contribution in [0.25, 0.3) is 11.0 Å². The molecule has 1 aromatic carbocycles. The lowest BCUT2D eigenvalue weighted by Gasteiger charge is -2.04. The molecule has 0 aliphatic heterocycles. The van der Waals surface area contributed by atoms with Gasteiger partial charge in [0.15, 0.2) is 0 Å². The molecule has 1 amide bonds. The standard InChI is InChI=1S/C14H11BrN4O/c1-8-17-11-5-3-10(6-13(11)18-8)19-14(20)12-4-2-9(15)7-16-12/h2-7H,1H3,(H,17,18)(H,19,20). The van der Waals surface area contributed by atoms with Crippen molar-refractivity contribution in [2.75, 3.05) is 5.32 Å². The topological polar surface area (TPSA) is 70.7 Å². The Balaban J connectivity index is 1.84. The SMILES string of the molecule is Cc1nc2ccc(NC(=O)c3ccc(Br)cn3)cc2[nH]1. The Morgan fingerprint density at radius 2 is 2.15 bits per heavy atom. The van der Waals surface area contributed by atoms with Crippen LogP contribution >= 0.6 is 15.9 Å². The molecule has 0 saturated heterocycles. The van der Waals surface area contributed by atoms with E-state index < -0.39 is 0 Å². The van der Waals surface area contributed by atoms with Crippen molar-refractivity contribution in [3.05, 3.63) is 52.5 Å². The van der Waals surface area contributed by atoms with Crippen LogP contribution < -0.4 is 5.32 Å². The van der Waals surface area contributed by atoms with Gasteiger partial charge < -0.3 is 10.3 Å². The van der Waals surface area contributed by atoms with Gasteiger partial charge in [-0.3, -0.25) is 4.79 Å². The number of pyridine rings is 1. The lowest BCUT2D eigenvalue weighted by atomic mass is 10.2. The maximum absolute atomic E-state index is 12.1. The Bertz CT molecular complexity index is 779. The van der Waals surface area contributed by atoms with E-state index in [1.54, 1.807) is 18.3 Å². The van der Waals surface area contributed by atoms with Gasteiger partial charge >= 0.3 is 0 Å². The number of nitrogens with zero attached hydrogens (tertiary/aromatic N) is 2. The molecule has 0 fully saturated rings. The summed E-state index contributed by atoms with van der Waals surface area (Å²) in [6.45, 7) is 1.89. The van der Waals surface area contributed by atoms with Crippen molar-refractivity contribution in [3.63, 3.8) is 0 Å². The minimum absolute atomic E-state index is 0.243. The van der Waals surface area contributed by atoms with Crippen LogP contribution in [0.2, 0.25) is 0 Å². The highest BCUT2D eigenvalue weighted by Gasteiger charge is 2.08. The third-order valence-corrected chi connectivity index (χ3v) is 3.29. The van der Waals surface area contributed by atoms with Crippen LogP contribution in [0, 0.1) is 6.92 Å². The molecule has 0 unspecified atom stereocenters. The summed E-state index contributed by atoms with van der Waals surface area (Å²) in [5.41, 5.74) is 2.84. The van der Waals surface area contributed by atoms with Crippen LogP contribution in [0.1, 0.15) is 16.3 Å². The number of hydrogen-bond donors (Lipinski definition) is 2. The first-order valence-corrected chi connectivity index (χ1v) is 6.80. The molecule has 3 aromatic rings. The zero-order valence-electron chi connectivity index (χ0n) is 10.6. The molecule has 20 heavy (non-hydrogen) atoms. The number of aryl methyl sites for hydroxylation is 1. The highest BCUT2D eigenvalue weighted by molar-refractivity contribution is 9.10. The van der Waals surface area contributed by atoms with Gasteiger partial charge in [0, 0.05) is 16.4 Å². The third kappa shape index (κ3) is 2.55. The number of fused-ring (bicyclic) bond motifs is 1. The molecule has 6 heteroatoms. The van der Waals surface area contributed by atoms with E-state index in [-0.39, 0.29) is 5.91 Å². The molecule has 100 valence electrons. The summed E-state index contributed by atoms with van der Waals surface area (Å²) in [7, 11) is 0. The van der Waals surface area contributed by atoms with E-state index in [9.17, 15) is 4.79 Å². The fraction of sp³-hybridized carbons (Fsp3) is 0.0714. The second-order valence-electron chi connectivity index (χ2n) is 4.37. The summed E-state index contributed by atoms with van der Waals surface area (Å²) in [5, 5.41) is 2.81. The third-order valence-electron chi connectivity index (χ3n) is 2.82. The van der Waals surface area contributed by atoms with Crippen molar-refractivity contribution in [3.8, 4) is 0 Å². The number of amides is 1. The van der Waals surface area contributed by atoms with Crippen molar-refractivity contribution in [2.24, 2.45) is 0 Å². The van der Waals surface area contributed by atoms with Crippen molar-refractivity contribution in [1.29, 1.82) is 0 Å². The second-order valence-corrected chi connectivity index (χ2v) is 5.29. The van der Waals surface area contributed by atoms with E-state index in [1.807, 2.05) is 25.1 Å². The molecular formula is C14H11BrN4O. The Morgan fingerprint density at radius 1 is 1.30 bits per heavy atom. The number of anilines is 1. The van der Waals surface area contributed by atoms with Gasteiger partial charge in [-0.05, 0) is 53.2 Å². The highest BCUT2D eigenvalue weighted by Crippen LogP contribution is 2.17. The largest absolute Gasteiger partial charge is 0.342 e. The molecule has 3 rings (SSSR count). The summed E-state index contributed by atoms with van der Waals surface area (Å²) in [5.74, 6) is 0.603. The van der Waals surface area contributed by atoms with E-state index in [4.69, 9.17) is 0 Å². The van der Waals surface area contributed by atoms with Gasteiger partial charge in [-0.15, -0.1) is 0 Å². The zero-order chi connectivity index (χ0) is 14.1. The van der Waals surface area contributed by atoms with Crippen molar-refractivity contribution < 1.29 is 4.79 Å². The molecule has 0 aliphatic carbocycles. The number of rotatable bonds is 2. The predicted molar refractivity (Wildman–Crippen MR) is 80.7 cm³/mol. The van der Waals surface area contributed by atoms with Crippen molar-refractivity contribution >= 4 is 38.6 Å². The van der Waals surface area contributed by atoms with Crippen LogP contribution in [0.5, 0.6) is 0 Å². The highest BCUT2D eigenvalue weighted by atomic mass is 79.9. The van der Waals surface area contributed by atoms with Gasteiger partial charge in [0.05, 0.1) is 11.0 Å². The monoisotopic (exact) mass is 330 g/mol. The Hall–Kier alpha value is -2.21. The van der Waals surface area contributed by atoms with Gasteiger partial charge in [-0.2, -0.15) is 0 Å². The van der Waals surface area contributed by atoms with E-state index in [0.717, 1.165) is 21.3 Å². The lowest BCUT2D eigenvalue weighted by Crippen LogP contribution is -2.13. The fourth-order valence-corrected chi connectivity index (χ4v) is 2.15. The number of hydrogen-bond acceptors (Lipinski definition) is 3. The molecule has 0 radical (unpaired) electrons. The number of nitrogens with one attached hydrogen (secondary N) is 2. The molecule has 2 aromatic heterocycles. The maximum atomic E-state index is 12.1. The Kier molecular flexibility index (Phi) is 3.23. The first-order valence-electron chi connectivity index (χ1n) is 6.01. The minimum atomic E-state index is -0.243. The molecular weight excluding hydrogens is 320 g/mol.